The summed E-state index contributed by atoms with van der Waals surface area (Å²) in [6.45, 7) is 0.722. The van der Waals surface area contributed by atoms with Crippen molar-refractivity contribution < 1.29 is 38.1 Å². The third-order valence-electron chi connectivity index (χ3n) is 7.78. The van der Waals surface area contributed by atoms with E-state index in [1.807, 2.05) is 60.7 Å². The van der Waals surface area contributed by atoms with Crippen molar-refractivity contribution in [3.8, 4) is 17.2 Å². The molecule has 0 radical (unpaired) electrons. The molecule has 3 aromatic rings. The molecule has 46 heavy (non-hydrogen) atoms. The zero-order valence-corrected chi connectivity index (χ0v) is 26.4. The largest absolute Gasteiger partial charge is 0.497 e. The predicted octanol–water partition coefficient (Wildman–Crippen LogP) is 4.55. The van der Waals surface area contributed by atoms with Crippen LogP contribution in [0.3, 0.4) is 0 Å². The first-order valence-electron chi connectivity index (χ1n) is 15.1. The number of carbonyl (C=O) groups is 4. The van der Waals surface area contributed by atoms with Crippen molar-refractivity contribution in [2.45, 2.75) is 38.3 Å². The van der Waals surface area contributed by atoms with Crippen LogP contribution in [-0.4, -0.2) is 69.0 Å². The van der Waals surface area contributed by atoms with Crippen LogP contribution in [0.15, 0.2) is 84.9 Å². The van der Waals surface area contributed by atoms with E-state index in [9.17, 15) is 19.2 Å². The Morgan fingerprint density at radius 2 is 1.61 bits per heavy atom. The fraction of sp³-hybridized carbons (Fsp3) is 0.333. The lowest BCUT2D eigenvalue weighted by Crippen LogP contribution is -2.45. The minimum Gasteiger partial charge on any atom is -0.497 e. The molecule has 2 amide bonds. The number of ketones is 1. The highest BCUT2D eigenvalue weighted by molar-refractivity contribution is 6.01. The lowest BCUT2D eigenvalue weighted by Gasteiger charge is -2.24. The summed E-state index contributed by atoms with van der Waals surface area (Å²) >= 11 is 0. The molecule has 0 bridgehead atoms. The van der Waals surface area contributed by atoms with Crippen LogP contribution in [0.1, 0.15) is 40.7 Å². The molecular formula is C36H40N2O8. The smallest absolute Gasteiger partial charge is 0.328 e. The fourth-order valence-corrected chi connectivity index (χ4v) is 5.19. The molecule has 1 aliphatic rings. The lowest BCUT2D eigenvalue weighted by molar-refractivity contribution is -0.146. The summed E-state index contributed by atoms with van der Waals surface area (Å²) in [4.78, 5) is 55.4. The Balaban J connectivity index is 1.67. The molecule has 4 rings (SSSR count). The second kappa shape index (κ2) is 16.8. The Morgan fingerprint density at radius 3 is 2.30 bits per heavy atom. The van der Waals surface area contributed by atoms with Crippen molar-refractivity contribution in [1.82, 2.24) is 10.2 Å². The van der Waals surface area contributed by atoms with E-state index in [-0.39, 0.29) is 50.5 Å². The van der Waals surface area contributed by atoms with Crippen LogP contribution in [0.5, 0.6) is 17.2 Å². The molecule has 0 spiro atoms. The van der Waals surface area contributed by atoms with Crippen molar-refractivity contribution in [1.29, 1.82) is 0 Å². The van der Waals surface area contributed by atoms with Crippen LogP contribution < -0.4 is 19.5 Å². The highest BCUT2D eigenvalue weighted by Crippen LogP contribution is 2.28. The van der Waals surface area contributed by atoms with Gasteiger partial charge in [0.25, 0.3) is 0 Å². The van der Waals surface area contributed by atoms with Gasteiger partial charge in [0.15, 0.2) is 5.78 Å². The maximum absolute atomic E-state index is 13.8. The van der Waals surface area contributed by atoms with Gasteiger partial charge in [0.05, 0.1) is 26.9 Å². The Labute approximate surface area is 269 Å². The zero-order chi connectivity index (χ0) is 32.9. The zero-order valence-electron chi connectivity index (χ0n) is 26.4. The van der Waals surface area contributed by atoms with Crippen molar-refractivity contribution in [2.24, 2.45) is 5.92 Å². The van der Waals surface area contributed by atoms with E-state index in [2.05, 4.69) is 5.32 Å². The first-order valence-corrected chi connectivity index (χ1v) is 15.1. The van der Waals surface area contributed by atoms with E-state index in [4.69, 9.17) is 18.9 Å². The number of rotatable bonds is 7. The monoisotopic (exact) mass is 628 g/mol. The molecule has 0 unspecified atom stereocenters. The summed E-state index contributed by atoms with van der Waals surface area (Å²) in [6, 6.07) is 20.6. The number of benzene rings is 3. The van der Waals surface area contributed by atoms with E-state index in [0.717, 1.165) is 11.1 Å². The third kappa shape index (κ3) is 9.44. The minimum atomic E-state index is -1.08. The number of nitrogens with zero attached hydrogens (tertiary/aromatic N) is 1. The second-order valence-corrected chi connectivity index (χ2v) is 10.9. The summed E-state index contributed by atoms with van der Waals surface area (Å²) in [7, 11) is 4.34. The standard InChI is InChI=1S/C36H40N2O8/c1-43-28-13-11-26(12-14-28)24-38-19-7-8-20-46-33-23-29(44-2)15-16-30(33)32(39)22-27(21-25-9-5-4-6-10-25)35(41)37-31(36(42)45-3)17-18-34(38)40/h4-16,23,27,31H,17-22,24H2,1-3H3,(H,37,41)/b8-7-/t27-,31-/m0/s1. The molecular weight excluding hydrogens is 588 g/mol. The number of ether oxygens (including phenoxy) is 4. The quantitative estimate of drug-likeness (QED) is 0.299. The van der Waals surface area contributed by atoms with Gasteiger partial charge in [-0.15, -0.1) is 0 Å². The highest BCUT2D eigenvalue weighted by atomic mass is 16.5. The molecule has 0 fully saturated rings. The first-order chi connectivity index (χ1) is 22.3. The van der Waals surface area contributed by atoms with Gasteiger partial charge >= 0.3 is 5.97 Å². The van der Waals surface area contributed by atoms with Gasteiger partial charge in [-0.05, 0) is 54.3 Å². The molecule has 0 saturated heterocycles. The van der Waals surface area contributed by atoms with Crippen molar-refractivity contribution in [3.05, 3.63) is 102 Å². The molecule has 3 aromatic carbocycles. The van der Waals surface area contributed by atoms with Gasteiger partial charge in [-0.3, -0.25) is 14.4 Å². The predicted molar refractivity (Wildman–Crippen MR) is 172 cm³/mol. The van der Waals surface area contributed by atoms with Crippen LogP contribution in [0.2, 0.25) is 0 Å². The van der Waals surface area contributed by atoms with E-state index in [1.165, 1.54) is 14.2 Å². The average Bonchev–Trinajstić information content (AvgIpc) is 3.08. The lowest BCUT2D eigenvalue weighted by atomic mass is 9.90. The number of amides is 2. The Hall–Kier alpha value is -5.12. The summed E-state index contributed by atoms with van der Waals surface area (Å²) in [5, 5.41) is 2.78. The first kappa shape index (κ1) is 33.8. The molecule has 0 saturated carbocycles. The van der Waals surface area contributed by atoms with Gasteiger partial charge in [0.1, 0.15) is 29.9 Å². The molecule has 0 aromatic heterocycles. The maximum Gasteiger partial charge on any atom is 0.328 e. The number of hydrogen-bond donors (Lipinski definition) is 1. The van der Waals surface area contributed by atoms with Crippen LogP contribution in [0.25, 0.3) is 0 Å². The Morgan fingerprint density at radius 1 is 0.891 bits per heavy atom. The summed E-state index contributed by atoms with van der Waals surface area (Å²) in [5.74, 6) is -0.942. The molecule has 10 nitrogen and oxygen atoms in total. The summed E-state index contributed by atoms with van der Waals surface area (Å²) < 4.78 is 21.6. The van der Waals surface area contributed by atoms with Gasteiger partial charge in [0, 0.05) is 37.9 Å². The van der Waals surface area contributed by atoms with Crippen LogP contribution in [-0.2, 0) is 32.1 Å². The number of fused-ring (bicyclic) bond motifs is 1. The topological polar surface area (TPSA) is 120 Å². The van der Waals surface area contributed by atoms with E-state index in [1.54, 1.807) is 36.3 Å². The molecule has 242 valence electrons. The number of Topliss-reactive ketones (excluding diaryl/α,β-unsaturated/α-hetero) is 1. The molecule has 1 N–H and O–H groups in total. The molecule has 10 heteroatoms. The Kier molecular flexibility index (Phi) is 12.3. The normalized spacial score (nSPS) is 18.8. The minimum absolute atomic E-state index is 0.0198. The highest BCUT2D eigenvalue weighted by Gasteiger charge is 2.30. The van der Waals surface area contributed by atoms with Crippen LogP contribution >= 0.6 is 0 Å². The van der Waals surface area contributed by atoms with Gasteiger partial charge < -0.3 is 29.2 Å². The summed E-state index contributed by atoms with van der Waals surface area (Å²) in [6.07, 6.45) is 3.72. The SMILES string of the molecule is COC(=O)[C@@H]1CCC(=O)N(Cc2ccc(OC)cc2)C/C=C\COc2cc(OC)ccc2C(=O)C[C@H](Cc2ccccc2)C(=O)N1. The van der Waals surface area contributed by atoms with Gasteiger partial charge in [-0.25, -0.2) is 4.79 Å². The number of nitrogens with one attached hydrogen (secondary N) is 1. The van der Waals surface area contributed by atoms with Crippen molar-refractivity contribution >= 4 is 23.6 Å². The molecule has 1 aliphatic heterocycles. The van der Waals surface area contributed by atoms with Crippen molar-refractivity contribution in [3.63, 3.8) is 0 Å². The van der Waals surface area contributed by atoms with E-state index >= 15 is 0 Å². The van der Waals surface area contributed by atoms with Gasteiger partial charge in [0.2, 0.25) is 11.8 Å². The molecule has 2 atom stereocenters. The third-order valence-corrected chi connectivity index (χ3v) is 7.78. The number of methoxy groups -OCH3 is 3. The average molecular weight is 629 g/mol. The number of hydrogen-bond acceptors (Lipinski definition) is 8. The van der Waals surface area contributed by atoms with Crippen LogP contribution in [0, 0.1) is 5.92 Å². The van der Waals surface area contributed by atoms with Crippen LogP contribution in [0.4, 0.5) is 0 Å². The van der Waals surface area contributed by atoms with Gasteiger partial charge in [-0.2, -0.15) is 0 Å². The maximum atomic E-state index is 13.8. The van der Waals surface area contributed by atoms with E-state index in [0.29, 0.717) is 29.4 Å². The number of esters is 1. The van der Waals surface area contributed by atoms with Gasteiger partial charge in [-0.1, -0.05) is 48.5 Å². The molecule has 0 aliphatic carbocycles. The summed E-state index contributed by atoms with van der Waals surface area (Å²) in [5.41, 5.74) is 2.06. The number of carbonyl (C=O) groups excluding carboxylic acids is 4. The van der Waals surface area contributed by atoms with E-state index < -0.39 is 23.8 Å². The second-order valence-electron chi connectivity index (χ2n) is 10.9. The molecule has 1 heterocycles. The Bertz CT molecular complexity index is 1520. The fourth-order valence-electron chi connectivity index (χ4n) is 5.19. The van der Waals surface area contributed by atoms with Crippen molar-refractivity contribution in [2.75, 3.05) is 34.5 Å².